The highest BCUT2D eigenvalue weighted by molar-refractivity contribution is 5.96. The Kier molecular flexibility index (Phi) is 12.2. The molecule has 1 N–H and O–H groups in total. The van der Waals surface area contributed by atoms with E-state index in [1.807, 2.05) is 0 Å². The summed E-state index contributed by atoms with van der Waals surface area (Å²) < 4.78 is 0. The molecule has 0 radical (unpaired) electrons. The highest BCUT2D eigenvalue weighted by Crippen LogP contribution is 2.15. The zero-order valence-corrected chi connectivity index (χ0v) is 15.6. The molecule has 0 aromatic heterocycles. The first-order chi connectivity index (χ1) is 11.7. The molecule has 24 heavy (non-hydrogen) atoms. The number of benzene rings is 1. The van der Waals surface area contributed by atoms with Crippen molar-refractivity contribution in [2.24, 2.45) is 0 Å². The molecule has 136 valence electrons. The van der Waals surface area contributed by atoms with Crippen LogP contribution in [0.25, 0.3) is 0 Å². The Hall–Kier alpha value is -1.31. The lowest BCUT2D eigenvalue weighted by molar-refractivity contribution is 0.0979. The number of carbonyl (C=O) groups excluding carboxylic acids is 1. The number of aromatic hydroxyl groups is 1. The molecule has 2 heteroatoms. The molecule has 0 bridgehead atoms. The molecule has 0 aliphatic heterocycles. The van der Waals surface area contributed by atoms with Gasteiger partial charge in [0, 0.05) is 12.0 Å². The first-order valence-electron chi connectivity index (χ1n) is 10.1. The Balaban J connectivity index is 1.87. The molecule has 2 nitrogen and oxygen atoms in total. The van der Waals surface area contributed by atoms with Gasteiger partial charge in [-0.2, -0.15) is 0 Å². The maximum absolute atomic E-state index is 12.0. The van der Waals surface area contributed by atoms with Crippen LogP contribution in [-0.2, 0) is 0 Å². The minimum atomic E-state index is 0.193. The summed E-state index contributed by atoms with van der Waals surface area (Å²) in [5.41, 5.74) is 0.715. The molecular weight excluding hydrogens is 296 g/mol. The van der Waals surface area contributed by atoms with Crippen molar-refractivity contribution in [1.82, 2.24) is 0 Å². The van der Waals surface area contributed by atoms with E-state index in [4.69, 9.17) is 0 Å². The minimum absolute atomic E-state index is 0.193. The zero-order chi connectivity index (χ0) is 17.5. The quantitative estimate of drug-likeness (QED) is 0.276. The monoisotopic (exact) mass is 332 g/mol. The molecule has 0 spiro atoms. The van der Waals surface area contributed by atoms with Crippen molar-refractivity contribution in [3.05, 3.63) is 29.8 Å². The van der Waals surface area contributed by atoms with Crippen LogP contribution in [0.5, 0.6) is 5.75 Å². The van der Waals surface area contributed by atoms with Crippen LogP contribution in [-0.4, -0.2) is 10.9 Å². The first kappa shape index (κ1) is 20.7. The average Bonchev–Trinajstić information content (AvgIpc) is 2.59. The van der Waals surface area contributed by atoms with Crippen LogP contribution >= 0.6 is 0 Å². The summed E-state index contributed by atoms with van der Waals surface area (Å²) in [7, 11) is 0. The molecule has 0 atom stereocenters. The molecule has 1 rings (SSSR count). The van der Waals surface area contributed by atoms with Crippen molar-refractivity contribution in [3.8, 4) is 5.75 Å². The van der Waals surface area contributed by atoms with Crippen molar-refractivity contribution < 1.29 is 9.90 Å². The number of hydrogen-bond donors (Lipinski definition) is 1. The van der Waals surface area contributed by atoms with Gasteiger partial charge in [0.15, 0.2) is 5.78 Å². The summed E-state index contributed by atoms with van der Waals surface area (Å²) in [5, 5.41) is 9.23. The third-order valence-electron chi connectivity index (χ3n) is 4.70. The number of unbranched alkanes of at least 4 members (excludes halogenated alkanes) is 12. The fourth-order valence-corrected chi connectivity index (χ4v) is 3.09. The Bertz CT molecular complexity index is 422. The second kappa shape index (κ2) is 14.1. The molecule has 0 unspecified atom stereocenters. The number of Topliss-reactive ketones (excluding diaryl/α,β-unsaturated/α-hetero) is 1. The summed E-state index contributed by atoms with van der Waals surface area (Å²) in [4.78, 5) is 12.0. The van der Waals surface area contributed by atoms with Crippen LogP contribution in [0.1, 0.15) is 107 Å². The SMILES string of the molecule is CCCCCCCCCCCCCCCC(=O)c1ccc(O)cc1. The standard InChI is InChI=1S/C22H36O2/c1-2-3-4-5-6-7-8-9-10-11-12-13-14-15-22(24)20-16-18-21(23)19-17-20/h16-19,23H,2-15H2,1H3. The molecule has 1 aromatic rings. The van der Waals surface area contributed by atoms with Gasteiger partial charge in [-0.15, -0.1) is 0 Å². The largest absolute Gasteiger partial charge is 0.508 e. The number of ketones is 1. The molecule has 0 amide bonds. The van der Waals surface area contributed by atoms with Crippen LogP contribution in [0.2, 0.25) is 0 Å². The van der Waals surface area contributed by atoms with Gasteiger partial charge in [0.1, 0.15) is 5.75 Å². The number of carbonyl (C=O) groups is 1. The number of phenols is 1. The van der Waals surface area contributed by atoms with Crippen molar-refractivity contribution in [2.75, 3.05) is 0 Å². The Morgan fingerprint density at radius 3 is 1.58 bits per heavy atom. The molecule has 0 aliphatic rings. The highest BCUT2D eigenvalue weighted by atomic mass is 16.3. The number of rotatable bonds is 15. The van der Waals surface area contributed by atoms with Gasteiger partial charge < -0.3 is 5.11 Å². The summed E-state index contributed by atoms with van der Waals surface area (Å²) >= 11 is 0. The third kappa shape index (κ3) is 10.5. The van der Waals surface area contributed by atoms with E-state index in [0.717, 1.165) is 12.8 Å². The normalized spacial score (nSPS) is 10.9. The van der Waals surface area contributed by atoms with E-state index in [9.17, 15) is 9.90 Å². The van der Waals surface area contributed by atoms with E-state index in [2.05, 4.69) is 6.92 Å². The molecule has 0 saturated heterocycles. The highest BCUT2D eigenvalue weighted by Gasteiger charge is 2.05. The summed E-state index contributed by atoms with van der Waals surface area (Å²) in [6.45, 7) is 2.27. The summed E-state index contributed by atoms with van der Waals surface area (Å²) in [6.07, 6.45) is 17.8. The van der Waals surface area contributed by atoms with E-state index in [-0.39, 0.29) is 11.5 Å². The van der Waals surface area contributed by atoms with Crippen molar-refractivity contribution in [1.29, 1.82) is 0 Å². The van der Waals surface area contributed by atoms with Crippen LogP contribution in [0.3, 0.4) is 0 Å². The van der Waals surface area contributed by atoms with Gasteiger partial charge in [0.05, 0.1) is 0 Å². The fourth-order valence-electron chi connectivity index (χ4n) is 3.09. The Labute approximate surface area is 148 Å². The lowest BCUT2D eigenvalue weighted by atomic mass is 10.0. The van der Waals surface area contributed by atoms with Gasteiger partial charge in [0.2, 0.25) is 0 Å². The second-order valence-corrected chi connectivity index (χ2v) is 6.96. The number of hydrogen-bond acceptors (Lipinski definition) is 2. The van der Waals surface area contributed by atoms with Crippen LogP contribution in [0.15, 0.2) is 24.3 Å². The molecule has 1 aromatic carbocycles. The van der Waals surface area contributed by atoms with Gasteiger partial charge in [-0.05, 0) is 30.7 Å². The molecule has 0 fully saturated rings. The van der Waals surface area contributed by atoms with Crippen molar-refractivity contribution in [3.63, 3.8) is 0 Å². The maximum Gasteiger partial charge on any atom is 0.162 e. The maximum atomic E-state index is 12.0. The molecule has 0 saturated carbocycles. The van der Waals surface area contributed by atoms with Crippen molar-refractivity contribution >= 4 is 5.78 Å². The lowest BCUT2D eigenvalue weighted by Crippen LogP contribution is -1.98. The van der Waals surface area contributed by atoms with E-state index in [1.165, 1.54) is 70.6 Å². The second-order valence-electron chi connectivity index (χ2n) is 6.96. The first-order valence-corrected chi connectivity index (χ1v) is 10.1. The van der Waals surface area contributed by atoms with Crippen LogP contribution in [0.4, 0.5) is 0 Å². The predicted molar refractivity (Wildman–Crippen MR) is 103 cm³/mol. The number of phenolic OH excluding ortho intramolecular Hbond substituents is 1. The summed E-state index contributed by atoms with van der Waals surface area (Å²) in [5.74, 6) is 0.408. The van der Waals surface area contributed by atoms with E-state index in [1.54, 1.807) is 24.3 Å². The smallest absolute Gasteiger partial charge is 0.162 e. The van der Waals surface area contributed by atoms with Gasteiger partial charge >= 0.3 is 0 Å². The lowest BCUT2D eigenvalue weighted by Gasteiger charge is -2.03. The fraction of sp³-hybridized carbons (Fsp3) is 0.682. The van der Waals surface area contributed by atoms with E-state index >= 15 is 0 Å². The van der Waals surface area contributed by atoms with Crippen LogP contribution < -0.4 is 0 Å². The summed E-state index contributed by atoms with van der Waals surface area (Å²) in [6, 6.07) is 6.58. The average molecular weight is 333 g/mol. The van der Waals surface area contributed by atoms with Gasteiger partial charge in [-0.3, -0.25) is 4.79 Å². The van der Waals surface area contributed by atoms with E-state index < -0.39 is 0 Å². The molecule has 0 heterocycles. The third-order valence-corrected chi connectivity index (χ3v) is 4.70. The molecular formula is C22H36O2. The van der Waals surface area contributed by atoms with Crippen LogP contribution in [0, 0.1) is 0 Å². The Morgan fingerprint density at radius 1 is 0.708 bits per heavy atom. The van der Waals surface area contributed by atoms with Crippen molar-refractivity contribution in [2.45, 2.75) is 96.8 Å². The van der Waals surface area contributed by atoms with Gasteiger partial charge in [-0.25, -0.2) is 0 Å². The zero-order valence-electron chi connectivity index (χ0n) is 15.6. The molecule has 0 aliphatic carbocycles. The predicted octanol–water partition coefficient (Wildman–Crippen LogP) is 7.06. The van der Waals surface area contributed by atoms with Gasteiger partial charge in [-0.1, -0.05) is 84.0 Å². The minimum Gasteiger partial charge on any atom is -0.508 e. The van der Waals surface area contributed by atoms with Gasteiger partial charge in [0.25, 0.3) is 0 Å². The van der Waals surface area contributed by atoms with E-state index in [0.29, 0.717) is 12.0 Å². The Morgan fingerprint density at radius 2 is 1.12 bits per heavy atom. The topological polar surface area (TPSA) is 37.3 Å².